The van der Waals surface area contributed by atoms with Gasteiger partial charge in [0.15, 0.2) is 27.3 Å². The summed E-state index contributed by atoms with van der Waals surface area (Å²) in [4.78, 5) is 30.2. The number of carbonyl (C=O) groups is 2. The van der Waals surface area contributed by atoms with Crippen molar-refractivity contribution < 1.29 is 43.1 Å². The molecular formula is C34H37Cl2IN4O9. The number of alkyl carbamates (subject to hydrolysis) is 1. The first kappa shape index (κ1) is 36.4. The lowest BCUT2D eigenvalue weighted by Gasteiger charge is -2.60. The molecule has 0 spiro atoms. The molecule has 0 saturated carbocycles. The highest BCUT2D eigenvalue weighted by Crippen LogP contribution is 2.58. The SMILES string of the molecule is C=CCOC(=O)Oc1c(C)c2c(c3c1CC1[C@@H]4c5c(cc(C)c(OC)c5O)C[C@H]([C@H](C#N)N1[C@H]3CNC(=O)OCC(Cl)(Cl)CI)N4C)OCO2. The molecule has 13 nitrogen and oxygen atoms in total. The van der Waals surface area contributed by atoms with Crippen LogP contribution in [0.25, 0.3) is 0 Å². The molecule has 2 N–H and O–H groups in total. The number of amides is 1. The van der Waals surface area contributed by atoms with Crippen LogP contribution in [-0.4, -0.2) is 94.8 Å². The van der Waals surface area contributed by atoms with Crippen LogP contribution in [0.15, 0.2) is 18.7 Å². The maximum atomic E-state index is 13.1. The van der Waals surface area contributed by atoms with Gasteiger partial charge in [-0.15, -0.1) is 0 Å². The molecule has 1 amide bonds. The molecule has 5 atom stereocenters. The van der Waals surface area contributed by atoms with E-state index in [4.69, 9.17) is 51.6 Å². The second kappa shape index (κ2) is 14.3. The van der Waals surface area contributed by atoms with Gasteiger partial charge < -0.3 is 38.8 Å². The predicted molar refractivity (Wildman–Crippen MR) is 191 cm³/mol. The summed E-state index contributed by atoms with van der Waals surface area (Å²) < 4.78 is 33.1. The van der Waals surface area contributed by atoms with E-state index in [1.54, 1.807) is 6.92 Å². The predicted octanol–water partition coefficient (Wildman–Crippen LogP) is 5.55. The maximum Gasteiger partial charge on any atom is 0.514 e. The van der Waals surface area contributed by atoms with Gasteiger partial charge in [0.25, 0.3) is 0 Å². The Morgan fingerprint density at radius 1 is 1.20 bits per heavy atom. The van der Waals surface area contributed by atoms with Crippen LogP contribution in [0.4, 0.5) is 9.59 Å². The summed E-state index contributed by atoms with van der Waals surface area (Å²) in [5.74, 6) is 1.43. The van der Waals surface area contributed by atoms with Crippen LogP contribution in [0.3, 0.4) is 0 Å². The number of aromatic hydroxyl groups is 1. The molecule has 268 valence electrons. The number of rotatable bonds is 9. The van der Waals surface area contributed by atoms with Crippen LogP contribution in [0.5, 0.6) is 28.7 Å². The summed E-state index contributed by atoms with van der Waals surface area (Å²) in [5, 5.41) is 25.4. The molecule has 0 aliphatic carbocycles. The number of nitriles is 1. The lowest BCUT2D eigenvalue weighted by molar-refractivity contribution is -0.0723. The minimum atomic E-state index is -1.27. The summed E-state index contributed by atoms with van der Waals surface area (Å²) in [6, 6.07) is 1.98. The Morgan fingerprint density at radius 3 is 2.62 bits per heavy atom. The summed E-state index contributed by atoms with van der Waals surface area (Å²) in [6.45, 7) is 6.79. The fourth-order valence-electron chi connectivity index (χ4n) is 7.85. The number of fused-ring (bicyclic) bond motifs is 9. The minimum absolute atomic E-state index is 0.0319. The second-order valence-corrected chi connectivity index (χ2v) is 15.1. The molecule has 2 aromatic rings. The molecule has 0 radical (unpaired) electrons. The first-order valence-corrected chi connectivity index (χ1v) is 18.2. The van der Waals surface area contributed by atoms with Gasteiger partial charge >= 0.3 is 12.2 Å². The number of nitrogens with zero attached hydrogens (tertiary/aromatic N) is 3. The Kier molecular flexibility index (Phi) is 10.4. The van der Waals surface area contributed by atoms with Crippen molar-refractivity contribution in [1.29, 1.82) is 5.26 Å². The first-order chi connectivity index (χ1) is 23.9. The van der Waals surface area contributed by atoms with Gasteiger partial charge in [-0.1, -0.05) is 64.5 Å². The van der Waals surface area contributed by atoms with Crippen LogP contribution < -0.4 is 24.3 Å². The highest BCUT2D eigenvalue weighted by molar-refractivity contribution is 14.1. The van der Waals surface area contributed by atoms with E-state index < -0.39 is 40.7 Å². The molecule has 16 heteroatoms. The number of nitrogens with one attached hydrogen (secondary N) is 1. The average molecular weight is 843 g/mol. The van der Waals surface area contributed by atoms with E-state index in [2.05, 4.69) is 27.8 Å². The molecule has 0 aromatic heterocycles. The third kappa shape index (κ3) is 6.25. The number of hydrogen-bond acceptors (Lipinski definition) is 12. The maximum absolute atomic E-state index is 13.1. The number of hydrogen-bond donors (Lipinski definition) is 2. The third-order valence-electron chi connectivity index (χ3n) is 9.82. The van der Waals surface area contributed by atoms with Crippen LogP contribution in [-0.2, 0) is 22.3 Å². The zero-order chi connectivity index (χ0) is 36.1. The van der Waals surface area contributed by atoms with Crippen LogP contribution >= 0.6 is 45.8 Å². The molecule has 2 aromatic carbocycles. The van der Waals surface area contributed by atoms with E-state index in [0.717, 1.165) is 11.1 Å². The van der Waals surface area contributed by atoms with Crippen molar-refractivity contribution in [2.45, 2.75) is 61.2 Å². The van der Waals surface area contributed by atoms with Crippen LogP contribution in [0, 0.1) is 25.2 Å². The van der Waals surface area contributed by atoms with Crippen LogP contribution in [0.2, 0.25) is 0 Å². The lowest BCUT2D eigenvalue weighted by atomic mass is 9.71. The van der Waals surface area contributed by atoms with E-state index in [1.807, 2.05) is 42.6 Å². The number of halogens is 3. The number of ether oxygens (including phenoxy) is 6. The molecule has 50 heavy (non-hydrogen) atoms. The zero-order valence-electron chi connectivity index (χ0n) is 27.9. The Balaban J connectivity index is 1.52. The molecule has 6 rings (SSSR count). The smallest absolute Gasteiger partial charge is 0.504 e. The Hall–Kier alpha value is -3.36. The summed E-state index contributed by atoms with van der Waals surface area (Å²) in [5.41, 5.74) is 4.12. The number of methoxy groups -OCH3 is 1. The van der Waals surface area contributed by atoms with Crippen molar-refractivity contribution in [2.75, 3.05) is 45.1 Å². The Bertz CT molecular complexity index is 1770. The Labute approximate surface area is 313 Å². The van der Waals surface area contributed by atoms with Crippen molar-refractivity contribution >= 4 is 58.0 Å². The molecular weight excluding hydrogens is 806 g/mol. The number of likely N-dealkylation sites (N-methyl/N-ethyl adjacent to an activating group) is 1. The van der Waals surface area contributed by atoms with Crippen LogP contribution in [0.1, 0.15) is 45.5 Å². The van der Waals surface area contributed by atoms with Crippen molar-refractivity contribution in [1.82, 2.24) is 15.1 Å². The largest absolute Gasteiger partial charge is 0.514 e. The van der Waals surface area contributed by atoms with Gasteiger partial charge in [-0.05, 0) is 44.9 Å². The van der Waals surface area contributed by atoms with Crippen molar-refractivity contribution in [3.8, 4) is 34.8 Å². The van der Waals surface area contributed by atoms with Crippen molar-refractivity contribution in [2.24, 2.45) is 0 Å². The third-order valence-corrected chi connectivity index (χ3v) is 12.5. The fraction of sp³-hybridized carbons (Fsp3) is 0.500. The van der Waals surface area contributed by atoms with Gasteiger partial charge in [0, 0.05) is 45.3 Å². The molecule has 4 aliphatic rings. The normalized spacial score (nSPS) is 23.4. The number of phenolic OH excluding ortho intramolecular Hbond substituents is 1. The molecule has 1 unspecified atom stereocenters. The lowest BCUT2D eigenvalue weighted by Crippen LogP contribution is -2.68. The van der Waals surface area contributed by atoms with Gasteiger partial charge in [-0.2, -0.15) is 5.26 Å². The quantitative estimate of drug-likeness (QED) is 0.107. The highest BCUT2D eigenvalue weighted by Gasteiger charge is 2.57. The monoisotopic (exact) mass is 842 g/mol. The zero-order valence-corrected chi connectivity index (χ0v) is 31.6. The number of alkyl halides is 3. The highest BCUT2D eigenvalue weighted by atomic mass is 127. The number of aryl methyl sites for hydroxylation is 1. The summed E-state index contributed by atoms with van der Waals surface area (Å²) >= 11 is 14.4. The molecule has 1 saturated heterocycles. The standard InChI is InChI=1S/C34H37Cl2IN4O9/c1-6-7-46-33(44)50-29-17(3)30-31(49-15-48-30)25-19(29)10-21-26-24-18(8-16(2)28(45-5)27(24)42)9-20(40(26)4)22(11-38)41(21)23(25)12-39-32(43)47-14-34(35,36)13-37/h6,8,20-23,26,42H,1,7,9-10,12-15H2,2-5H3,(H,39,43)/t20-,21?,22+,23+,26-/m1/s1. The molecule has 1 fully saturated rings. The molecule has 4 heterocycles. The minimum Gasteiger partial charge on any atom is -0.504 e. The van der Waals surface area contributed by atoms with Gasteiger partial charge in [-0.25, -0.2) is 9.59 Å². The number of piperazine rings is 1. The van der Waals surface area contributed by atoms with Gasteiger partial charge in [-0.3, -0.25) is 9.80 Å². The van der Waals surface area contributed by atoms with E-state index >= 15 is 0 Å². The van der Waals surface area contributed by atoms with E-state index in [0.29, 0.717) is 50.4 Å². The number of benzene rings is 2. The van der Waals surface area contributed by atoms with Crippen molar-refractivity contribution in [3.63, 3.8) is 0 Å². The van der Waals surface area contributed by atoms with Gasteiger partial charge in [0.2, 0.25) is 6.79 Å². The summed E-state index contributed by atoms with van der Waals surface area (Å²) in [7, 11) is 3.46. The Morgan fingerprint density at radius 2 is 1.94 bits per heavy atom. The van der Waals surface area contributed by atoms with E-state index in [9.17, 15) is 20.0 Å². The number of phenols is 1. The summed E-state index contributed by atoms with van der Waals surface area (Å²) in [6.07, 6.45) is 0.479. The molecule has 4 aliphatic heterocycles. The van der Waals surface area contributed by atoms with Gasteiger partial charge in [0.1, 0.15) is 25.0 Å². The molecule has 2 bridgehead atoms. The van der Waals surface area contributed by atoms with Gasteiger partial charge in [0.05, 0.1) is 25.3 Å². The second-order valence-electron chi connectivity index (χ2n) is 12.6. The fourth-order valence-corrected chi connectivity index (χ4v) is 8.18. The van der Waals surface area contributed by atoms with Crippen molar-refractivity contribution in [3.05, 3.63) is 52.1 Å². The van der Waals surface area contributed by atoms with E-state index in [1.165, 1.54) is 13.2 Å². The average Bonchev–Trinajstić information content (AvgIpc) is 3.58. The number of carbonyl (C=O) groups excluding carboxylic acids is 2. The first-order valence-electron chi connectivity index (χ1n) is 15.9. The topological polar surface area (TPSA) is 152 Å². The van der Waals surface area contributed by atoms with E-state index in [-0.39, 0.29) is 50.5 Å².